The van der Waals surface area contributed by atoms with Crippen molar-refractivity contribution in [1.29, 1.82) is 0 Å². The third-order valence-corrected chi connectivity index (χ3v) is 8.37. The molecule has 1 nitrogen and oxygen atoms in total. The van der Waals surface area contributed by atoms with E-state index in [9.17, 15) is 0 Å². The van der Waals surface area contributed by atoms with E-state index in [1.165, 1.54) is 76.5 Å². The molecule has 41 heavy (non-hydrogen) atoms. The maximum absolute atomic E-state index is 4.16. The molecule has 0 amide bonds. The SMILES string of the molecule is c1ccc2c(c1)cc(-c1c3ccccc3c(-c3ccc(Cc4ccncc4)cc3)c3ccccc13)c1ccccc12. The molecule has 8 rings (SSSR count). The van der Waals surface area contributed by atoms with E-state index >= 15 is 0 Å². The summed E-state index contributed by atoms with van der Waals surface area (Å²) in [6.45, 7) is 0. The first-order valence-corrected chi connectivity index (χ1v) is 14.2. The van der Waals surface area contributed by atoms with Crippen LogP contribution in [0.4, 0.5) is 0 Å². The fourth-order valence-corrected chi connectivity index (χ4v) is 6.52. The molecule has 1 heteroatoms. The summed E-state index contributed by atoms with van der Waals surface area (Å²) in [7, 11) is 0. The normalized spacial score (nSPS) is 11.5. The van der Waals surface area contributed by atoms with Crippen molar-refractivity contribution < 1.29 is 0 Å². The topological polar surface area (TPSA) is 12.9 Å². The van der Waals surface area contributed by atoms with Crippen LogP contribution in [0, 0.1) is 0 Å². The van der Waals surface area contributed by atoms with E-state index in [4.69, 9.17) is 0 Å². The van der Waals surface area contributed by atoms with Gasteiger partial charge in [0.2, 0.25) is 0 Å². The number of aromatic nitrogens is 1. The van der Waals surface area contributed by atoms with Gasteiger partial charge in [-0.05, 0) is 101 Å². The van der Waals surface area contributed by atoms with Gasteiger partial charge in [0.05, 0.1) is 0 Å². The van der Waals surface area contributed by atoms with Gasteiger partial charge in [0.25, 0.3) is 0 Å². The summed E-state index contributed by atoms with van der Waals surface area (Å²) in [6.07, 6.45) is 4.63. The van der Waals surface area contributed by atoms with Gasteiger partial charge >= 0.3 is 0 Å². The number of hydrogen-bond donors (Lipinski definition) is 0. The minimum Gasteiger partial charge on any atom is -0.265 e. The Morgan fingerprint density at radius 3 is 1.51 bits per heavy atom. The summed E-state index contributed by atoms with van der Waals surface area (Å²) in [5.41, 5.74) is 7.69. The molecule has 0 aliphatic rings. The highest BCUT2D eigenvalue weighted by molar-refractivity contribution is 6.25. The molecule has 0 aliphatic heterocycles. The Balaban J connectivity index is 1.40. The zero-order chi connectivity index (χ0) is 27.2. The third kappa shape index (κ3) is 3.98. The zero-order valence-electron chi connectivity index (χ0n) is 22.6. The minimum absolute atomic E-state index is 0.901. The highest BCUT2D eigenvalue weighted by Gasteiger charge is 2.18. The maximum Gasteiger partial charge on any atom is 0.0270 e. The average Bonchev–Trinajstić information content (AvgIpc) is 3.04. The lowest BCUT2D eigenvalue weighted by Gasteiger charge is -2.19. The fraction of sp³-hybridized carbons (Fsp3) is 0.0250. The predicted molar refractivity (Wildman–Crippen MR) is 174 cm³/mol. The van der Waals surface area contributed by atoms with Gasteiger partial charge in [0, 0.05) is 12.4 Å². The van der Waals surface area contributed by atoms with Gasteiger partial charge in [0.1, 0.15) is 0 Å². The molecule has 7 aromatic carbocycles. The van der Waals surface area contributed by atoms with Gasteiger partial charge in [-0.25, -0.2) is 0 Å². The molecule has 0 spiro atoms. The Morgan fingerprint density at radius 2 is 0.878 bits per heavy atom. The Morgan fingerprint density at radius 1 is 0.390 bits per heavy atom. The Bertz CT molecular complexity index is 2150. The molecule has 0 N–H and O–H groups in total. The Kier molecular flexibility index (Phi) is 5.60. The van der Waals surface area contributed by atoms with E-state index in [1.54, 1.807) is 0 Å². The van der Waals surface area contributed by atoms with E-state index < -0.39 is 0 Å². The van der Waals surface area contributed by atoms with Crippen molar-refractivity contribution in [1.82, 2.24) is 4.98 Å². The molecule has 1 aromatic heterocycles. The summed E-state index contributed by atoms with van der Waals surface area (Å²) < 4.78 is 0. The van der Waals surface area contributed by atoms with Crippen LogP contribution in [0.25, 0.3) is 65.3 Å². The molecular formula is C40H27N. The lowest BCUT2D eigenvalue weighted by molar-refractivity contribution is 1.16. The van der Waals surface area contributed by atoms with Crippen molar-refractivity contribution in [3.63, 3.8) is 0 Å². The van der Waals surface area contributed by atoms with Crippen LogP contribution in [0.1, 0.15) is 11.1 Å². The lowest BCUT2D eigenvalue weighted by atomic mass is 9.83. The van der Waals surface area contributed by atoms with Crippen LogP contribution in [-0.4, -0.2) is 4.98 Å². The summed E-state index contributed by atoms with van der Waals surface area (Å²) >= 11 is 0. The molecule has 0 bridgehead atoms. The minimum atomic E-state index is 0.901. The van der Waals surface area contributed by atoms with Crippen LogP contribution in [0.15, 0.2) is 152 Å². The molecule has 0 saturated carbocycles. The number of pyridine rings is 1. The van der Waals surface area contributed by atoms with Gasteiger partial charge in [-0.3, -0.25) is 4.98 Å². The molecule has 0 unspecified atom stereocenters. The molecule has 0 aliphatic carbocycles. The number of hydrogen-bond acceptors (Lipinski definition) is 1. The van der Waals surface area contributed by atoms with E-state index in [-0.39, 0.29) is 0 Å². The molecule has 8 aromatic rings. The summed E-state index contributed by atoms with van der Waals surface area (Å²) in [5.74, 6) is 0. The van der Waals surface area contributed by atoms with E-state index in [1.807, 2.05) is 12.4 Å². The predicted octanol–water partition coefficient (Wildman–Crippen LogP) is 10.6. The fourth-order valence-electron chi connectivity index (χ4n) is 6.52. The number of benzene rings is 7. The van der Waals surface area contributed by atoms with Crippen LogP contribution in [0.5, 0.6) is 0 Å². The Labute approximate surface area is 239 Å². The number of fused-ring (bicyclic) bond motifs is 5. The van der Waals surface area contributed by atoms with Crippen molar-refractivity contribution in [2.24, 2.45) is 0 Å². The monoisotopic (exact) mass is 521 g/mol. The van der Waals surface area contributed by atoms with Gasteiger partial charge < -0.3 is 0 Å². The summed E-state index contributed by atoms with van der Waals surface area (Å²) in [5, 5.41) is 10.3. The van der Waals surface area contributed by atoms with Crippen molar-refractivity contribution in [2.75, 3.05) is 0 Å². The molecule has 0 radical (unpaired) electrons. The first-order chi connectivity index (χ1) is 20.3. The molecule has 0 fully saturated rings. The first-order valence-electron chi connectivity index (χ1n) is 14.2. The number of rotatable bonds is 4. The quantitative estimate of drug-likeness (QED) is 0.166. The van der Waals surface area contributed by atoms with Crippen LogP contribution < -0.4 is 0 Å². The van der Waals surface area contributed by atoms with Crippen LogP contribution in [-0.2, 0) is 6.42 Å². The van der Waals surface area contributed by atoms with Gasteiger partial charge in [-0.2, -0.15) is 0 Å². The highest BCUT2D eigenvalue weighted by Crippen LogP contribution is 2.46. The van der Waals surface area contributed by atoms with Gasteiger partial charge in [-0.1, -0.05) is 121 Å². The average molecular weight is 522 g/mol. The first kappa shape index (κ1) is 23.6. The van der Waals surface area contributed by atoms with Crippen LogP contribution in [0.3, 0.4) is 0 Å². The van der Waals surface area contributed by atoms with E-state index in [0.717, 1.165) is 6.42 Å². The van der Waals surface area contributed by atoms with Crippen LogP contribution >= 0.6 is 0 Å². The van der Waals surface area contributed by atoms with Gasteiger partial charge in [0.15, 0.2) is 0 Å². The lowest BCUT2D eigenvalue weighted by Crippen LogP contribution is -1.93. The second kappa shape index (κ2) is 9.73. The highest BCUT2D eigenvalue weighted by atomic mass is 14.6. The van der Waals surface area contributed by atoms with E-state index in [2.05, 4.69) is 145 Å². The summed E-state index contributed by atoms with van der Waals surface area (Å²) in [6, 6.07) is 51.1. The second-order valence-electron chi connectivity index (χ2n) is 10.8. The number of nitrogens with zero attached hydrogens (tertiary/aromatic N) is 1. The van der Waals surface area contributed by atoms with Gasteiger partial charge in [-0.15, -0.1) is 0 Å². The largest absolute Gasteiger partial charge is 0.265 e. The van der Waals surface area contributed by atoms with E-state index in [0.29, 0.717) is 0 Å². The smallest absolute Gasteiger partial charge is 0.0270 e. The molecule has 192 valence electrons. The van der Waals surface area contributed by atoms with Crippen LogP contribution in [0.2, 0.25) is 0 Å². The second-order valence-corrected chi connectivity index (χ2v) is 10.8. The molecular weight excluding hydrogens is 494 g/mol. The molecule has 0 atom stereocenters. The van der Waals surface area contributed by atoms with Crippen molar-refractivity contribution in [2.45, 2.75) is 6.42 Å². The molecule has 0 saturated heterocycles. The van der Waals surface area contributed by atoms with Crippen molar-refractivity contribution >= 4 is 43.1 Å². The molecule has 1 heterocycles. The zero-order valence-corrected chi connectivity index (χ0v) is 22.6. The Hall–Kier alpha value is -5.27. The standard InChI is InChI=1S/C40H27N/c1-2-10-31-30(9-1)26-38(33-12-4-3-11-32(31)33)40-36-15-7-5-13-34(36)39(35-14-6-8-16-37(35)40)29-19-17-27(18-20-29)25-28-21-23-41-24-22-28/h1-24,26H,25H2. The third-order valence-electron chi connectivity index (χ3n) is 8.37. The van der Waals surface area contributed by atoms with Crippen molar-refractivity contribution in [3.05, 3.63) is 163 Å². The maximum atomic E-state index is 4.16. The van der Waals surface area contributed by atoms with Crippen molar-refractivity contribution in [3.8, 4) is 22.3 Å². The summed E-state index contributed by atoms with van der Waals surface area (Å²) in [4.78, 5) is 4.16.